The molecule has 6 heteroatoms. The van der Waals surface area contributed by atoms with E-state index in [1.165, 1.54) is 0 Å². The molecule has 0 bridgehead atoms. The molecule has 0 aliphatic heterocycles. The smallest absolute Gasteiger partial charge is 0.343 e. The molecule has 176 valence electrons. The van der Waals surface area contributed by atoms with Gasteiger partial charge in [-0.15, -0.1) is 0 Å². The number of benzene rings is 3. The van der Waals surface area contributed by atoms with Crippen LogP contribution in [0, 0.1) is 5.92 Å². The Hall–Kier alpha value is -4.06. The number of carbonyl (C=O) groups is 2. The van der Waals surface area contributed by atoms with Gasteiger partial charge in [-0.05, 0) is 85.1 Å². The first-order valence-corrected chi connectivity index (χ1v) is 11.1. The van der Waals surface area contributed by atoms with Gasteiger partial charge in [-0.2, -0.15) is 0 Å². The Morgan fingerprint density at radius 2 is 1.12 bits per heavy atom. The van der Waals surface area contributed by atoms with E-state index < -0.39 is 11.9 Å². The normalized spacial score (nSPS) is 10.4. The number of rotatable bonds is 11. The van der Waals surface area contributed by atoms with Crippen molar-refractivity contribution in [1.29, 1.82) is 0 Å². The number of hydrogen-bond acceptors (Lipinski definition) is 6. The number of ether oxygens (including phenoxy) is 4. The van der Waals surface area contributed by atoms with Gasteiger partial charge in [-0.3, -0.25) is 0 Å². The lowest BCUT2D eigenvalue weighted by Crippen LogP contribution is -2.10. The molecular formula is C28H28O6. The zero-order valence-corrected chi connectivity index (χ0v) is 19.4. The van der Waals surface area contributed by atoms with Crippen molar-refractivity contribution in [3.63, 3.8) is 0 Å². The molecule has 0 aromatic heterocycles. The fraction of sp³-hybridized carbons (Fsp3) is 0.214. The fourth-order valence-electron chi connectivity index (χ4n) is 2.85. The minimum Gasteiger partial charge on any atom is -0.494 e. The zero-order chi connectivity index (χ0) is 24.3. The van der Waals surface area contributed by atoms with E-state index in [2.05, 4.69) is 20.4 Å². The van der Waals surface area contributed by atoms with Crippen molar-refractivity contribution >= 4 is 11.9 Å². The molecule has 0 aliphatic rings. The van der Waals surface area contributed by atoms with Gasteiger partial charge < -0.3 is 18.9 Å². The molecule has 0 radical (unpaired) electrons. The van der Waals surface area contributed by atoms with Gasteiger partial charge in [0.05, 0.1) is 17.7 Å². The van der Waals surface area contributed by atoms with Crippen molar-refractivity contribution in [2.45, 2.75) is 20.3 Å². The maximum atomic E-state index is 12.4. The van der Waals surface area contributed by atoms with Crippen LogP contribution in [0.3, 0.4) is 0 Å². The number of carbonyl (C=O) groups excluding carboxylic acids is 2. The number of esters is 2. The summed E-state index contributed by atoms with van der Waals surface area (Å²) in [5, 5.41) is 0. The third kappa shape index (κ3) is 7.52. The van der Waals surface area contributed by atoms with Crippen LogP contribution in [0.25, 0.3) is 0 Å². The third-order valence-corrected chi connectivity index (χ3v) is 4.76. The zero-order valence-electron chi connectivity index (χ0n) is 19.4. The lowest BCUT2D eigenvalue weighted by atomic mass is 10.1. The van der Waals surface area contributed by atoms with Crippen LogP contribution in [0.1, 0.15) is 41.0 Å². The van der Waals surface area contributed by atoms with E-state index in [0.717, 1.165) is 12.2 Å². The van der Waals surface area contributed by atoms with E-state index >= 15 is 0 Å². The van der Waals surface area contributed by atoms with Crippen molar-refractivity contribution in [2.75, 3.05) is 13.2 Å². The summed E-state index contributed by atoms with van der Waals surface area (Å²) in [4.78, 5) is 24.8. The Morgan fingerprint density at radius 1 is 0.706 bits per heavy atom. The molecule has 0 atom stereocenters. The highest BCUT2D eigenvalue weighted by atomic mass is 16.5. The lowest BCUT2D eigenvalue weighted by molar-refractivity contribution is 0.0730. The molecule has 0 N–H and O–H groups in total. The van der Waals surface area contributed by atoms with Crippen molar-refractivity contribution < 1.29 is 28.5 Å². The highest BCUT2D eigenvalue weighted by molar-refractivity contribution is 5.92. The summed E-state index contributed by atoms with van der Waals surface area (Å²) in [5.74, 6) is 1.64. The van der Waals surface area contributed by atoms with Gasteiger partial charge in [0.2, 0.25) is 0 Å². The quantitative estimate of drug-likeness (QED) is 0.195. The molecule has 0 unspecified atom stereocenters. The summed E-state index contributed by atoms with van der Waals surface area (Å²) in [7, 11) is 0. The molecule has 0 fully saturated rings. The van der Waals surface area contributed by atoms with Crippen LogP contribution in [-0.4, -0.2) is 25.2 Å². The maximum Gasteiger partial charge on any atom is 0.343 e. The van der Waals surface area contributed by atoms with E-state index in [-0.39, 0.29) is 0 Å². The Morgan fingerprint density at radius 3 is 1.59 bits per heavy atom. The third-order valence-electron chi connectivity index (χ3n) is 4.76. The van der Waals surface area contributed by atoms with Gasteiger partial charge in [0.25, 0.3) is 0 Å². The molecule has 0 heterocycles. The number of hydrogen-bond donors (Lipinski definition) is 0. The second-order valence-corrected chi connectivity index (χ2v) is 7.93. The van der Waals surface area contributed by atoms with Gasteiger partial charge in [-0.1, -0.05) is 26.5 Å². The first-order valence-electron chi connectivity index (χ1n) is 11.1. The molecule has 6 nitrogen and oxygen atoms in total. The molecule has 3 aromatic carbocycles. The summed E-state index contributed by atoms with van der Waals surface area (Å²) < 4.78 is 21.8. The molecule has 0 saturated heterocycles. The second-order valence-electron chi connectivity index (χ2n) is 7.93. The van der Waals surface area contributed by atoms with Crippen LogP contribution >= 0.6 is 0 Å². The van der Waals surface area contributed by atoms with E-state index in [0.29, 0.717) is 47.5 Å². The summed E-state index contributed by atoms with van der Waals surface area (Å²) in [6.45, 7) is 8.90. The molecule has 0 spiro atoms. The first-order chi connectivity index (χ1) is 16.4. The van der Waals surface area contributed by atoms with E-state index in [1.54, 1.807) is 78.9 Å². The van der Waals surface area contributed by atoms with E-state index in [9.17, 15) is 9.59 Å². The molecule has 3 aromatic rings. The van der Waals surface area contributed by atoms with Crippen molar-refractivity contribution in [3.05, 3.63) is 96.6 Å². The van der Waals surface area contributed by atoms with Crippen LogP contribution in [0.15, 0.2) is 85.5 Å². The molecule has 0 saturated carbocycles. The molecule has 0 aliphatic carbocycles. The SMILES string of the molecule is C=CCOc1ccc(C(=O)Oc2ccc(C(=O)Oc3ccc(OCCC(C)C)cc3)cc2)cc1. The van der Waals surface area contributed by atoms with Crippen molar-refractivity contribution in [2.24, 2.45) is 5.92 Å². The Bertz CT molecular complexity index is 1080. The van der Waals surface area contributed by atoms with Crippen LogP contribution in [-0.2, 0) is 0 Å². The fourth-order valence-corrected chi connectivity index (χ4v) is 2.85. The highest BCUT2D eigenvalue weighted by Gasteiger charge is 2.12. The van der Waals surface area contributed by atoms with Gasteiger partial charge in [0, 0.05) is 0 Å². The Balaban J connectivity index is 1.52. The molecule has 34 heavy (non-hydrogen) atoms. The van der Waals surface area contributed by atoms with Gasteiger partial charge in [0.1, 0.15) is 29.6 Å². The van der Waals surface area contributed by atoms with Crippen molar-refractivity contribution in [1.82, 2.24) is 0 Å². The summed E-state index contributed by atoms with van der Waals surface area (Å²) >= 11 is 0. The standard InChI is InChI=1S/C28H28O6/c1-4-18-31-23-9-5-21(6-10-23)27(29)33-25-11-7-22(8-12-25)28(30)34-26-15-13-24(14-16-26)32-19-17-20(2)3/h4-16,20H,1,17-19H2,2-3H3. The minimum absolute atomic E-state index is 0.316. The molecule has 0 amide bonds. The maximum absolute atomic E-state index is 12.4. The summed E-state index contributed by atoms with van der Waals surface area (Å²) in [6, 6.07) is 19.7. The van der Waals surface area contributed by atoms with Crippen molar-refractivity contribution in [3.8, 4) is 23.0 Å². The molecular weight excluding hydrogens is 432 g/mol. The minimum atomic E-state index is -0.513. The van der Waals surface area contributed by atoms with Crippen LogP contribution in [0.4, 0.5) is 0 Å². The summed E-state index contributed by atoms with van der Waals surface area (Å²) in [5.41, 5.74) is 0.715. The summed E-state index contributed by atoms with van der Waals surface area (Å²) in [6.07, 6.45) is 2.61. The van der Waals surface area contributed by atoms with Gasteiger partial charge in [-0.25, -0.2) is 9.59 Å². The lowest BCUT2D eigenvalue weighted by Gasteiger charge is -2.09. The highest BCUT2D eigenvalue weighted by Crippen LogP contribution is 2.21. The predicted octanol–water partition coefficient (Wildman–Crippen LogP) is 6.11. The van der Waals surface area contributed by atoms with Gasteiger partial charge in [0.15, 0.2) is 0 Å². The van der Waals surface area contributed by atoms with Crippen LogP contribution in [0.5, 0.6) is 23.0 Å². The Kier molecular flexibility index (Phi) is 8.86. The first kappa shape index (κ1) is 24.6. The topological polar surface area (TPSA) is 71.1 Å². The Labute approximate surface area is 199 Å². The average Bonchev–Trinajstić information content (AvgIpc) is 2.84. The van der Waals surface area contributed by atoms with E-state index in [4.69, 9.17) is 18.9 Å². The molecule has 3 rings (SSSR count). The van der Waals surface area contributed by atoms with Gasteiger partial charge >= 0.3 is 11.9 Å². The van der Waals surface area contributed by atoms with E-state index in [1.807, 2.05) is 0 Å². The van der Waals surface area contributed by atoms with Crippen LogP contribution in [0.2, 0.25) is 0 Å². The second kappa shape index (κ2) is 12.3. The predicted molar refractivity (Wildman–Crippen MR) is 130 cm³/mol. The monoisotopic (exact) mass is 460 g/mol. The average molecular weight is 461 g/mol. The van der Waals surface area contributed by atoms with Crippen LogP contribution < -0.4 is 18.9 Å². The largest absolute Gasteiger partial charge is 0.494 e.